The van der Waals surface area contributed by atoms with Crippen molar-refractivity contribution in [3.8, 4) is 0 Å². The van der Waals surface area contributed by atoms with E-state index in [9.17, 15) is 4.79 Å². The summed E-state index contributed by atoms with van der Waals surface area (Å²) in [6, 6.07) is 13.5. The molecule has 26 heavy (non-hydrogen) atoms. The summed E-state index contributed by atoms with van der Waals surface area (Å²) in [7, 11) is 0. The third-order valence-electron chi connectivity index (χ3n) is 4.95. The first-order valence-corrected chi connectivity index (χ1v) is 9.64. The Bertz CT molecular complexity index is 1070. The molecule has 2 aromatic heterocycles. The molecule has 3 heterocycles. The summed E-state index contributed by atoms with van der Waals surface area (Å²) >= 11 is 1.59. The van der Waals surface area contributed by atoms with E-state index in [1.165, 1.54) is 0 Å². The highest BCUT2D eigenvalue weighted by Crippen LogP contribution is 2.30. The van der Waals surface area contributed by atoms with Gasteiger partial charge in [0.05, 0.1) is 21.6 Å². The van der Waals surface area contributed by atoms with Crippen molar-refractivity contribution in [1.82, 2.24) is 14.9 Å². The second kappa shape index (κ2) is 6.21. The first-order valence-electron chi connectivity index (χ1n) is 8.76. The number of nitrogens with zero attached hydrogens (tertiary/aromatic N) is 3. The molecule has 1 atom stereocenters. The van der Waals surface area contributed by atoms with Crippen molar-refractivity contribution in [2.24, 2.45) is 0 Å². The normalized spacial score (nSPS) is 17.8. The zero-order valence-corrected chi connectivity index (χ0v) is 14.9. The molecule has 1 aliphatic rings. The molecule has 0 saturated carbocycles. The quantitative estimate of drug-likeness (QED) is 0.528. The van der Waals surface area contributed by atoms with E-state index in [-0.39, 0.29) is 11.8 Å². The van der Waals surface area contributed by atoms with Gasteiger partial charge in [0.25, 0.3) is 5.91 Å². The number of amides is 1. The number of para-hydroxylation sites is 2. The largest absolute Gasteiger partial charge is 0.440 e. The summed E-state index contributed by atoms with van der Waals surface area (Å²) in [4.78, 5) is 23.8. The number of carbonyl (C=O) groups excluding carboxylic acids is 1. The third-order valence-corrected chi connectivity index (χ3v) is 5.76. The molecule has 0 radical (unpaired) electrons. The minimum Gasteiger partial charge on any atom is -0.440 e. The highest BCUT2D eigenvalue weighted by atomic mass is 32.1. The second-order valence-electron chi connectivity index (χ2n) is 6.65. The number of piperidine rings is 1. The fourth-order valence-electron chi connectivity index (χ4n) is 3.60. The fourth-order valence-corrected chi connectivity index (χ4v) is 4.26. The Morgan fingerprint density at radius 2 is 2.12 bits per heavy atom. The summed E-state index contributed by atoms with van der Waals surface area (Å²) in [6.45, 7) is 1.41. The van der Waals surface area contributed by atoms with E-state index >= 15 is 0 Å². The zero-order chi connectivity index (χ0) is 17.5. The predicted octanol–water partition coefficient (Wildman–Crippen LogP) is 4.46. The number of likely N-dealkylation sites (tertiary alicyclic amines) is 1. The van der Waals surface area contributed by atoms with Crippen molar-refractivity contribution >= 4 is 38.6 Å². The lowest BCUT2D eigenvalue weighted by Gasteiger charge is -2.31. The van der Waals surface area contributed by atoms with Gasteiger partial charge in [0, 0.05) is 18.7 Å². The van der Waals surface area contributed by atoms with Gasteiger partial charge in [-0.3, -0.25) is 4.79 Å². The maximum Gasteiger partial charge on any atom is 0.253 e. The number of thiazole rings is 1. The smallest absolute Gasteiger partial charge is 0.253 e. The van der Waals surface area contributed by atoms with Gasteiger partial charge in [0.2, 0.25) is 0 Å². The van der Waals surface area contributed by atoms with Gasteiger partial charge in [-0.15, -0.1) is 11.3 Å². The van der Waals surface area contributed by atoms with Crippen molar-refractivity contribution in [3.05, 3.63) is 59.4 Å². The number of hydrogen-bond acceptors (Lipinski definition) is 5. The molecule has 1 amide bonds. The molecule has 0 N–H and O–H groups in total. The fraction of sp³-hybridized carbons (Fsp3) is 0.250. The predicted molar refractivity (Wildman–Crippen MR) is 102 cm³/mol. The lowest BCUT2D eigenvalue weighted by molar-refractivity contribution is 0.0699. The van der Waals surface area contributed by atoms with Gasteiger partial charge < -0.3 is 9.32 Å². The molecule has 6 heteroatoms. The van der Waals surface area contributed by atoms with Crippen LogP contribution in [0.3, 0.4) is 0 Å². The molecular formula is C20H17N3O2S. The summed E-state index contributed by atoms with van der Waals surface area (Å²) in [5.41, 5.74) is 5.07. The Hall–Kier alpha value is -2.73. The number of rotatable bonds is 2. The molecule has 5 nitrogen and oxygen atoms in total. The van der Waals surface area contributed by atoms with E-state index in [0.29, 0.717) is 12.1 Å². The van der Waals surface area contributed by atoms with Crippen LogP contribution in [-0.2, 0) is 0 Å². The minimum atomic E-state index is 0.0562. The van der Waals surface area contributed by atoms with Crippen LogP contribution in [0.4, 0.5) is 0 Å². The average Bonchev–Trinajstić information content (AvgIpc) is 3.33. The number of hydrogen-bond donors (Lipinski definition) is 0. The van der Waals surface area contributed by atoms with Crippen LogP contribution in [0, 0.1) is 0 Å². The van der Waals surface area contributed by atoms with Gasteiger partial charge in [-0.05, 0) is 43.2 Å². The Balaban J connectivity index is 1.40. The van der Waals surface area contributed by atoms with Crippen LogP contribution >= 0.6 is 11.3 Å². The van der Waals surface area contributed by atoms with Crippen LogP contribution in [0.25, 0.3) is 21.3 Å². The average molecular weight is 363 g/mol. The minimum absolute atomic E-state index is 0.0562. The van der Waals surface area contributed by atoms with Gasteiger partial charge in [-0.2, -0.15) is 0 Å². The SMILES string of the molecule is O=C(c1ccc2scnc2c1)N1CCCC(c2nc3ccccc3o2)C1. The maximum atomic E-state index is 13.0. The van der Waals surface area contributed by atoms with Crippen molar-refractivity contribution in [2.45, 2.75) is 18.8 Å². The Morgan fingerprint density at radius 3 is 3.04 bits per heavy atom. The van der Waals surface area contributed by atoms with Crippen molar-refractivity contribution in [1.29, 1.82) is 0 Å². The molecule has 2 aromatic carbocycles. The highest BCUT2D eigenvalue weighted by Gasteiger charge is 2.28. The summed E-state index contributed by atoms with van der Waals surface area (Å²) in [6.07, 6.45) is 1.94. The number of benzene rings is 2. The first kappa shape index (κ1) is 15.5. The summed E-state index contributed by atoms with van der Waals surface area (Å²) in [5, 5.41) is 0. The Labute approximate surface area is 154 Å². The molecule has 1 fully saturated rings. The first-order chi connectivity index (χ1) is 12.8. The van der Waals surface area contributed by atoms with Crippen LogP contribution < -0.4 is 0 Å². The van der Waals surface area contributed by atoms with Gasteiger partial charge >= 0.3 is 0 Å². The molecule has 1 aliphatic heterocycles. The molecule has 4 aromatic rings. The topological polar surface area (TPSA) is 59.2 Å². The van der Waals surface area contributed by atoms with Crippen LogP contribution in [0.5, 0.6) is 0 Å². The molecule has 0 spiro atoms. The number of aromatic nitrogens is 2. The van der Waals surface area contributed by atoms with Crippen molar-refractivity contribution in [3.63, 3.8) is 0 Å². The molecule has 0 bridgehead atoms. The van der Waals surface area contributed by atoms with Crippen molar-refractivity contribution < 1.29 is 9.21 Å². The molecule has 0 aliphatic carbocycles. The van der Waals surface area contributed by atoms with E-state index in [4.69, 9.17) is 4.42 Å². The molecule has 1 saturated heterocycles. The van der Waals surface area contributed by atoms with Crippen molar-refractivity contribution in [2.75, 3.05) is 13.1 Å². The van der Waals surface area contributed by atoms with Gasteiger partial charge in [0.1, 0.15) is 5.52 Å². The summed E-state index contributed by atoms with van der Waals surface area (Å²) < 4.78 is 7.03. The maximum absolute atomic E-state index is 13.0. The third kappa shape index (κ3) is 2.66. The standard InChI is InChI=1S/C20H17N3O2S/c24-20(13-7-8-18-16(10-13)21-12-26-18)23-9-3-4-14(11-23)19-22-15-5-1-2-6-17(15)25-19/h1-2,5-8,10,12,14H,3-4,9,11H2. The van der Waals surface area contributed by atoms with Crippen LogP contribution in [0.1, 0.15) is 35.0 Å². The zero-order valence-electron chi connectivity index (χ0n) is 14.1. The van der Waals surface area contributed by atoms with Crippen LogP contribution in [-0.4, -0.2) is 33.9 Å². The van der Waals surface area contributed by atoms with E-state index in [1.807, 2.05) is 52.9 Å². The molecule has 1 unspecified atom stereocenters. The molecule has 5 rings (SSSR count). The monoisotopic (exact) mass is 363 g/mol. The highest BCUT2D eigenvalue weighted by molar-refractivity contribution is 7.16. The van der Waals surface area contributed by atoms with Gasteiger partial charge in [0.15, 0.2) is 11.5 Å². The van der Waals surface area contributed by atoms with E-state index in [0.717, 1.165) is 46.6 Å². The Kier molecular flexibility index (Phi) is 3.71. The van der Waals surface area contributed by atoms with Crippen LogP contribution in [0.15, 0.2) is 52.4 Å². The van der Waals surface area contributed by atoms with E-state index in [1.54, 1.807) is 11.3 Å². The van der Waals surface area contributed by atoms with Gasteiger partial charge in [-0.25, -0.2) is 9.97 Å². The Morgan fingerprint density at radius 1 is 1.19 bits per heavy atom. The number of fused-ring (bicyclic) bond motifs is 2. The lowest BCUT2D eigenvalue weighted by Crippen LogP contribution is -2.39. The van der Waals surface area contributed by atoms with E-state index < -0.39 is 0 Å². The molecular weight excluding hydrogens is 346 g/mol. The van der Waals surface area contributed by atoms with E-state index in [2.05, 4.69) is 9.97 Å². The molecule has 130 valence electrons. The lowest BCUT2D eigenvalue weighted by atomic mass is 9.97. The second-order valence-corrected chi connectivity index (χ2v) is 7.53. The number of carbonyl (C=O) groups is 1. The van der Waals surface area contributed by atoms with Gasteiger partial charge in [-0.1, -0.05) is 12.1 Å². The summed E-state index contributed by atoms with van der Waals surface area (Å²) in [5.74, 6) is 0.933. The van der Waals surface area contributed by atoms with Crippen LogP contribution in [0.2, 0.25) is 0 Å². The number of oxazole rings is 1.